The van der Waals surface area contributed by atoms with Crippen molar-refractivity contribution in [2.75, 3.05) is 0 Å². The van der Waals surface area contributed by atoms with Crippen LogP contribution in [-0.2, 0) is 4.74 Å². The number of hydrogen-bond acceptors (Lipinski definition) is 3. The summed E-state index contributed by atoms with van der Waals surface area (Å²) in [5, 5.41) is 11.0. The summed E-state index contributed by atoms with van der Waals surface area (Å²) in [6.07, 6.45) is 10.4. The number of allylic oxidation sites excluding steroid dienone is 4. The lowest BCUT2D eigenvalue weighted by molar-refractivity contribution is -0.535. The van der Waals surface area contributed by atoms with Gasteiger partial charge in [-0.25, -0.2) is 0 Å². The van der Waals surface area contributed by atoms with Crippen molar-refractivity contribution in [3.05, 3.63) is 57.9 Å². The highest BCUT2D eigenvalue weighted by Crippen LogP contribution is 2.30. The van der Waals surface area contributed by atoms with Crippen LogP contribution in [0.1, 0.15) is 20.8 Å². The Hall–Kier alpha value is -1.84. The molecule has 1 heterocycles. The Morgan fingerprint density at radius 1 is 1.12 bits per heavy atom. The van der Waals surface area contributed by atoms with Gasteiger partial charge in [0.2, 0.25) is 0 Å². The van der Waals surface area contributed by atoms with Crippen LogP contribution in [0.25, 0.3) is 0 Å². The van der Waals surface area contributed by atoms with Crippen LogP contribution in [0.2, 0.25) is 0 Å². The zero-order chi connectivity index (χ0) is 12.7. The lowest BCUT2D eigenvalue weighted by atomic mass is 10.0. The standard InChI is InChI=1S/C13H15NO3/c1-12(2)7-4-10-5-8-13(3,14(15)16)9-6-11(10)17-12/h4-9H,1-3H3. The van der Waals surface area contributed by atoms with Crippen LogP contribution in [0.15, 0.2) is 47.8 Å². The predicted molar refractivity (Wildman–Crippen MR) is 65.0 cm³/mol. The average molecular weight is 233 g/mol. The van der Waals surface area contributed by atoms with E-state index in [2.05, 4.69) is 0 Å². The van der Waals surface area contributed by atoms with E-state index in [9.17, 15) is 10.1 Å². The molecular formula is C13H15NO3. The smallest absolute Gasteiger partial charge is 0.256 e. The minimum atomic E-state index is -1.17. The molecule has 0 spiro atoms. The van der Waals surface area contributed by atoms with Crippen molar-refractivity contribution >= 4 is 0 Å². The molecule has 4 heteroatoms. The minimum Gasteiger partial charge on any atom is -0.483 e. The number of rotatable bonds is 1. The van der Waals surface area contributed by atoms with Crippen molar-refractivity contribution in [1.29, 1.82) is 0 Å². The fourth-order valence-corrected chi connectivity index (χ4v) is 1.70. The van der Waals surface area contributed by atoms with Crippen LogP contribution in [-0.4, -0.2) is 16.1 Å². The maximum atomic E-state index is 11.0. The lowest BCUT2D eigenvalue weighted by Gasteiger charge is -2.27. The molecule has 1 aliphatic heterocycles. The summed E-state index contributed by atoms with van der Waals surface area (Å²) >= 11 is 0. The van der Waals surface area contributed by atoms with E-state index in [0.717, 1.165) is 5.57 Å². The molecule has 0 bridgehead atoms. The van der Waals surface area contributed by atoms with Gasteiger partial charge in [0.25, 0.3) is 5.54 Å². The fraction of sp³-hybridized carbons (Fsp3) is 0.385. The molecular weight excluding hydrogens is 218 g/mol. The first-order valence-corrected chi connectivity index (χ1v) is 5.48. The first-order valence-electron chi connectivity index (χ1n) is 5.48. The van der Waals surface area contributed by atoms with Crippen LogP contribution in [0.4, 0.5) is 0 Å². The average Bonchev–Trinajstić information content (AvgIpc) is 2.38. The summed E-state index contributed by atoms with van der Waals surface area (Å²) < 4.78 is 5.76. The Balaban J connectivity index is 2.38. The zero-order valence-corrected chi connectivity index (χ0v) is 10.1. The van der Waals surface area contributed by atoms with E-state index < -0.39 is 5.54 Å². The van der Waals surface area contributed by atoms with Gasteiger partial charge in [0, 0.05) is 17.4 Å². The molecule has 1 unspecified atom stereocenters. The third kappa shape index (κ3) is 2.16. The van der Waals surface area contributed by atoms with E-state index in [4.69, 9.17) is 4.74 Å². The van der Waals surface area contributed by atoms with Gasteiger partial charge in [0.05, 0.1) is 0 Å². The van der Waals surface area contributed by atoms with Crippen molar-refractivity contribution in [3.63, 3.8) is 0 Å². The Kier molecular flexibility index (Phi) is 2.45. The normalized spacial score (nSPS) is 29.6. The molecule has 1 atom stereocenters. The number of nitrogens with zero attached hydrogens (tertiary/aromatic N) is 1. The van der Waals surface area contributed by atoms with Crippen molar-refractivity contribution in [2.24, 2.45) is 0 Å². The second kappa shape index (κ2) is 3.58. The molecule has 4 nitrogen and oxygen atoms in total. The fourth-order valence-electron chi connectivity index (χ4n) is 1.70. The molecule has 2 aliphatic rings. The summed E-state index contributed by atoms with van der Waals surface area (Å²) in [6.45, 7) is 5.46. The van der Waals surface area contributed by atoms with E-state index in [1.54, 1.807) is 31.2 Å². The Morgan fingerprint density at radius 3 is 2.35 bits per heavy atom. The summed E-state index contributed by atoms with van der Waals surface area (Å²) in [4.78, 5) is 10.7. The number of hydrogen-bond donors (Lipinski definition) is 0. The van der Waals surface area contributed by atoms with Crippen LogP contribution >= 0.6 is 0 Å². The summed E-state index contributed by atoms with van der Waals surface area (Å²) in [6, 6.07) is 0. The second-order valence-corrected chi connectivity index (χ2v) is 5.01. The summed E-state index contributed by atoms with van der Waals surface area (Å²) in [5.41, 5.74) is -0.670. The molecule has 0 aromatic heterocycles. The van der Waals surface area contributed by atoms with Crippen LogP contribution in [0, 0.1) is 10.1 Å². The molecule has 0 saturated heterocycles. The van der Waals surface area contributed by atoms with E-state index in [-0.39, 0.29) is 10.5 Å². The highest BCUT2D eigenvalue weighted by Gasteiger charge is 2.33. The highest BCUT2D eigenvalue weighted by molar-refractivity contribution is 5.45. The Labute approximate surface area is 100 Å². The SMILES string of the molecule is CC1(C)C=CC2=C(C=CC(C)([N+](=O)[O-])C=C2)O1. The van der Waals surface area contributed by atoms with Gasteiger partial charge in [-0.15, -0.1) is 0 Å². The van der Waals surface area contributed by atoms with E-state index in [1.165, 1.54) is 0 Å². The van der Waals surface area contributed by atoms with E-state index >= 15 is 0 Å². The third-order valence-corrected chi connectivity index (χ3v) is 2.89. The van der Waals surface area contributed by atoms with Gasteiger partial charge in [-0.3, -0.25) is 10.1 Å². The Morgan fingerprint density at radius 2 is 1.71 bits per heavy atom. The largest absolute Gasteiger partial charge is 0.483 e. The molecule has 0 aromatic carbocycles. The molecule has 0 radical (unpaired) electrons. The van der Waals surface area contributed by atoms with Gasteiger partial charge >= 0.3 is 0 Å². The van der Waals surface area contributed by atoms with Crippen molar-refractivity contribution < 1.29 is 9.66 Å². The zero-order valence-electron chi connectivity index (χ0n) is 10.1. The van der Waals surface area contributed by atoms with E-state index in [0.29, 0.717) is 5.76 Å². The number of nitro groups is 1. The maximum absolute atomic E-state index is 11.0. The quantitative estimate of drug-likeness (QED) is 0.517. The molecule has 0 fully saturated rings. The molecule has 2 rings (SSSR count). The first kappa shape index (κ1) is 11.6. The number of ether oxygens (including phenoxy) is 1. The summed E-state index contributed by atoms with van der Waals surface area (Å²) in [7, 11) is 0. The molecule has 0 amide bonds. The van der Waals surface area contributed by atoms with E-state index in [1.807, 2.05) is 26.0 Å². The Bertz CT molecular complexity index is 483. The molecule has 1 aliphatic carbocycles. The minimum absolute atomic E-state index is 0.312. The third-order valence-electron chi connectivity index (χ3n) is 2.89. The van der Waals surface area contributed by atoms with Crippen molar-refractivity contribution in [3.8, 4) is 0 Å². The van der Waals surface area contributed by atoms with Crippen LogP contribution in [0.5, 0.6) is 0 Å². The predicted octanol–water partition coefficient (Wildman–Crippen LogP) is 2.77. The molecule has 17 heavy (non-hydrogen) atoms. The monoisotopic (exact) mass is 233 g/mol. The van der Waals surface area contributed by atoms with Gasteiger partial charge in [-0.05, 0) is 44.2 Å². The van der Waals surface area contributed by atoms with Gasteiger partial charge in [0.1, 0.15) is 11.4 Å². The van der Waals surface area contributed by atoms with Crippen molar-refractivity contribution in [1.82, 2.24) is 0 Å². The maximum Gasteiger partial charge on any atom is 0.256 e. The van der Waals surface area contributed by atoms with Gasteiger partial charge < -0.3 is 4.74 Å². The van der Waals surface area contributed by atoms with Crippen LogP contribution in [0.3, 0.4) is 0 Å². The molecule has 0 saturated carbocycles. The topological polar surface area (TPSA) is 52.4 Å². The molecule has 0 N–H and O–H groups in total. The van der Waals surface area contributed by atoms with Gasteiger partial charge in [-0.1, -0.05) is 6.08 Å². The van der Waals surface area contributed by atoms with Gasteiger partial charge in [0.15, 0.2) is 0 Å². The first-order chi connectivity index (χ1) is 7.82. The highest BCUT2D eigenvalue weighted by atomic mass is 16.6. The summed E-state index contributed by atoms with van der Waals surface area (Å²) in [5.74, 6) is 0.680. The van der Waals surface area contributed by atoms with Gasteiger partial charge in [-0.2, -0.15) is 0 Å². The molecule has 90 valence electrons. The lowest BCUT2D eigenvalue weighted by Crippen LogP contribution is -2.29. The van der Waals surface area contributed by atoms with Crippen LogP contribution < -0.4 is 0 Å². The second-order valence-electron chi connectivity index (χ2n) is 5.01. The molecule has 0 aromatic rings. The van der Waals surface area contributed by atoms with Crippen molar-refractivity contribution in [2.45, 2.75) is 31.9 Å².